The minimum Gasteiger partial charge on any atom is -0.481 e. The molecule has 1 rings (SSSR count). The van der Waals surface area contributed by atoms with E-state index in [1.807, 2.05) is 30.3 Å². The Labute approximate surface area is 142 Å². The molecule has 0 aliphatic heterocycles. The number of hydrogen-bond donors (Lipinski definition) is 3. The van der Waals surface area contributed by atoms with Crippen molar-refractivity contribution in [1.82, 2.24) is 10.6 Å². The van der Waals surface area contributed by atoms with Crippen molar-refractivity contribution in [3.05, 3.63) is 35.9 Å². The van der Waals surface area contributed by atoms with Gasteiger partial charge in [0.25, 0.3) is 0 Å². The van der Waals surface area contributed by atoms with Crippen LogP contribution in [0.4, 0.5) is 0 Å². The molecule has 6 heteroatoms. The third-order valence-electron chi connectivity index (χ3n) is 3.62. The second-order valence-electron chi connectivity index (χ2n) is 6.92. The number of benzene rings is 1. The lowest BCUT2D eigenvalue weighted by Crippen LogP contribution is -2.49. The maximum absolute atomic E-state index is 12.1. The van der Waals surface area contributed by atoms with Crippen LogP contribution >= 0.6 is 0 Å². The van der Waals surface area contributed by atoms with Crippen molar-refractivity contribution < 1.29 is 19.5 Å². The Balaban J connectivity index is 2.56. The normalized spacial score (nSPS) is 13.7. The highest BCUT2D eigenvalue weighted by Crippen LogP contribution is 2.13. The van der Waals surface area contributed by atoms with E-state index in [2.05, 4.69) is 10.6 Å². The topological polar surface area (TPSA) is 95.5 Å². The molecule has 2 amide bonds. The van der Waals surface area contributed by atoms with Gasteiger partial charge in [-0.25, -0.2) is 0 Å². The van der Waals surface area contributed by atoms with Crippen molar-refractivity contribution in [2.45, 2.75) is 40.2 Å². The molecule has 0 saturated heterocycles. The molecule has 0 aromatic heterocycles. The summed E-state index contributed by atoms with van der Waals surface area (Å²) < 4.78 is 0. The van der Waals surface area contributed by atoms with Crippen LogP contribution in [0.1, 0.15) is 33.3 Å². The monoisotopic (exact) mass is 334 g/mol. The van der Waals surface area contributed by atoms with Gasteiger partial charge in [-0.1, -0.05) is 51.1 Å². The average molecular weight is 334 g/mol. The summed E-state index contributed by atoms with van der Waals surface area (Å²) in [5.41, 5.74) is 0.305. The Morgan fingerprint density at radius 3 is 2.21 bits per heavy atom. The molecular weight excluding hydrogens is 308 g/mol. The van der Waals surface area contributed by atoms with Gasteiger partial charge in [-0.05, 0) is 18.9 Å². The van der Waals surface area contributed by atoms with E-state index in [9.17, 15) is 19.5 Å². The van der Waals surface area contributed by atoms with Gasteiger partial charge < -0.3 is 15.7 Å². The van der Waals surface area contributed by atoms with Crippen LogP contribution in [0, 0.1) is 11.3 Å². The van der Waals surface area contributed by atoms with Gasteiger partial charge in [-0.15, -0.1) is 0 Å². The fourth-order valence-electron chi connectivity index (χ4n) is 2.00. The molecule has 0 fully saturated rings. The Morgan fingerprint density at radius 1 is 1.12 bits per heavy atom. The van der Waals surface area contributed by atoms with E-state index in [-0.39, 0.29) is 12.5 Å². The zero-order valence-corrected chi connectivity index (χ0v) is 14.6. The second-order valence-corrected chi connectivity index (χ2v) is 6.92. The summed E-state index contributed by atoms with van der Waals surface area (Å²) in [5.74, 6) is -2.32. The van der Waals surface area contributed by atoms with Gasteiger partial charge >= 0.3 is 5.97 Å². The number of carbonyl (C=O) groups is 3. The molecule has 0 bridgehead atoms. The number of amides is 2. The van der Waals surface area contributed by atoms with Crippen LogP contribution in [0.15, 0.2) is 30.3 Å². The average Bonchev–Trinajstić information content (AvgIpc) is 2.50. The highest BCUT2D eigenvalue weighted by Gasteiger charge is 2.26. The highest BCUT2D eigenvalue weighted by atomic mass is 16.4. The van der Waals surface area contributed by atoms with Crippen LogP contribution in [0.5, 0.6) is 0 Å². The van der Waals surface area contributed by atoms with E-state index in [0.29, 0.717) is 6.42 Å². The lowest BCUT2D eigenvalue weighted by atomic mass is 9.95. The van der Waals surface area contributed by atoms with Gasteiger partial charge in [-0.2, -0.15) is 0 Å². The van der Waals surface area contributed by atoms with E-state index in [1.165, 1.54) is 0 Å². The number of aliphatic carboxylic acids is 1. The molecule has 24 heavy (non-hydrogen) atoms. The third-order valence-corrected chi connectivity index (χ3v) is 3.62. The number of hydrogen-bond acceptors (Lipinski definition) is 3. The van der Waals surface area contributed by atoms with Gasteiger partial charge in [0.2, 0.25) is 11.8 Å². The standard InChI is InChI=1S/C18H26N2O4/c1-12(20-17(24)18(2,3)4)15(21)19-11-14(16(22)23)10-13-8-6-5-7-9-13/h5-9,12,14H,10-11H2,1-4H3,(H,19,21)(H,20,24)(H,22,23). The Morgan fingerprint density at radius 2 is 1.71 bits per heavy atom. The summed E-state index contributed by atoms with van der Waals surface area (Å²) in [6, 6.07) is 8.53. The minimum absolute atomic E-state index is 0.0127. The minimum atomic E-state index is -0.967. The smallest absolute Gasteiger partial charge is 0.308 e. The first-order chi connectivity index (χ1) is 11.1. The van der Waals surface area contributed by atoms with Crippen molar-refractivity contribution in [1.29, 1.82) is 0 Å². The lowest BCUT2D eigenvalue weighted by molar-refractivity contribution is -0.142. The quantitative estimate of drug-likeness (QED) is 0.706. The largest absolute Gasteiger partial charge is 0.481 e. The predicted molar refractivity (Wildman–Crippen MR) is 91.3 cm³/mol. The molecule has 6 nitrogen and oxygen atoms in total. The fraction of sp³-hybridized carbons (Fsp3) is 0.500. The number of rotatable bonds is 7. The summed E-state index contributed by atoms with van der Waals surface area (Å²) in [6.07, 6.45) is 0.333. The van der Waals surface area contributed by atoms with Crippen molar-refractivity contribution in [2.75, 3.05) is 6.54 Å². The van der Waals surface area contributed by atoms with Gasteiger partial charge in [0.15, 0.2) is 0 Å². The van der Waals surface area contributed by atoms with E-state index < -0.39 is 29.3 Å². The van der Waals surface area contributed by atoms with Crippen LogP contribution in [-0.2, 0) is 20.8 Å². The lowest BCUT2D eigenvalue weighted by Gasteiger charge is -2.22. The number of nitrogens with one attached hydrogen (secondary N) is 2. The van der Waals surface area contributed by atoms with Gasteiger partial charge in [-0.3, -0.25) is 14.4 Å². The first-order valence-electron chi connectivity index (χ1n) is 7.96. The molecule has 1 aromatic rings. The molecule has 0 aliphatic rings. The summed E-state index contributed by atoms with van der Waals surface area (Å²) in [6.45, 7) is 6.86. The van der Waals surface area contributed by atoms with Crippen LogP contribution in [-0.4, -0.2) is 35.5 Å². The van der Waals surface area contributed by atoms with Crippen molar-refractivity contribution in [2.24, 2.45) is 11.3 Å². The zero-order chi connectivity index (χ0) is 18.3. The maximum atomic E-state index is 12.1. The summed E-state index contributed by atoms with van der Waals surface area (Å²) in [5, 5.41) is 14.5. The van der Waals surface area contributed by atoms with Crippen molar-refractivity contribution >= 4 is 17.8 Å². The molecule has 0 heterocycles. The predicted octanol–water partition coefficient (Wildman–Crippen LogP) is 1.60. The molecule has 132 valence electrons. The maximum Gasteiger partial charge on any atom is 0.308 e. The SMILES string of the molecule is CC(NC(=O)C(C)(C)C)C(=O)NCC(Cc1ccccc1)C(=O)O. The molecule has 2 atom stereocenters. The molecule has 1 aromatic carbocycles. The van der Waals surface area contributed by atoms with E-state index >= 15 is 0 Å². The molecule has 0 saturated carbocycles. The summed E-state index contributed by atoms with van der Waals surface area (Å²) >= 11 is 0. The summed E-state index contributed by atoms with van der Waals surface area (Å²) in [4.78, 5) is 35.3. The number of carbonyl (C=O) groups excluding carboxylic acids is 2. The van der Waals surface area contributed by atoms with E-state index in [1.54, 1.807) is 27.7 Å². The molecule has 3 N–H and O–H groups in total. The number of carboxylic acids is 1. The van der Waals surface area contributed by atoms with Gasteiger partial charge in [0.1, 0.15) is 6.04 Å². The molecular formula is C18H26N2O4. The van der Waals surface area contributed by atoms with Crippen LogP contribution in [0.2, 0.25) is 0 Å². The Kier molecular flexibility index (Phi) is 6.95. The first-order valence-corrected chi connectivity index (χ1v) is 7.96. The van der Waals surface area contributed by atoms with Crippen LogP contribution < -0.4 is 10.6 Å². The first kappa shape index (κ1) is 19.7. The van der Waals surface area contributed by atoms with Crippen molar-refractivity contribution in [3.8, 4) is 0 Å². The van der Waals surface area contributed by atoms with Gasteiger partial charge in [0, 0.05) is 12.0 Å². The van der Waals surface area contributed by atoms with Crippen LogP contribution in [0.3, 0.4) is 0 Å². The molecule has 0 spiro atoms. The second kappa shape index (κ2) is 8.47. The molecule has 0 aliphatic carbocycles. The van der Waals surface area contributed by atoms with Crippen molar-refractivity contribution in [3.63, 3.8) is 0 Å². The molecule has 0 radical (unpaired) electrons. The zero-order valence-electron chi connectivity index (χ0n) is 14.6. The van der Waals surface area contributed by atoms with Crippen LogP contribution in [0.25, 0.3) is 0 Å². The van der Waals surface area contributed by atoms with E-state index in [4.69, 9.17) is 0 Å². The van der Waals surface area contributed by atoms with Gasteiger partial charge in [0.05, 0.1) is 5.92 Å². The Bertz CT molecular complexity index is 578. The summed E-state index contributed by atoms with van der Waals surface area (Å²) in [7, 11) is 0. The number of carboxylic acid groups (broad SMARTS) is 1. The third kappa shape index (κ3) is 6.40. The Hall–Kier alpha value is -2.37. The highest BCUT2D eigenvalue weighted by molar-refractivity contribution is 5.89. The molecule has 2 unspecified atom stereocenters. The fourth-order valence-corrected chi connectivity index (χ4v) is 2.00. The van der Waals surface area contributed by atoms with E-state index in [0.717, 1.165) is 5.56 Å².